The maximum atomic E-state index is 5.56. The molecular weight excluding hydrogens is 262 g/mol. The molecule has 16 heavy (non-hydrogen) atoms. The van der Waals surface area contributed by atoms with Crippen LogP contribution in [0.2, 0.25) is 0 Å². The molecule has 0 aromatic carbocycles. The summed E-state index contributed by atoms with van der Waals surface area (Å²) in [7, 11) is 3.91. The van der Waals surface area contributed by atoms with Gasteiger partial charge < -0.3 is 10.6 Å². The molecule has 0 atom stereocenters. The van der Waals surface area contributed by atoms with E-state index in [1.54, 1.807) is 23.1 Å². The summed E-state index contributed by atoms with van der Waals surface area (Å²) in [6, 6.07) is 0. The van der Waals surface area contributed by atoms with E-state index in [1.807, 2.05) is 24.4 Å². The molecule has 0 unspecified atom stereocenters. The van der Waals surface area contributed by atoms with Gasteiger partial charge in [0, 0.05) is 25.2 Å². The Labute approximate surface area is 106 Å². The smallest absolute Gasteiger partial charge is 0.208 e. The van der Waals surface area contributed by atoms with E-state index >= 15 is 0 Å². The minimum atomic E-state index is 0.613. The molecule has 0 aliphatic carbocycles. The van der Waals surface area contributed by atoms with Crippen LogP contribution in [0.15, 0.2) is 9.72 Å². The molecule has 0 fully saturated rings. The van der Waals surface area contributed by atoms with Gasteiger partial charge in [0.25, 0.3) is 0 Å². The first kappa shape index (κ1) is 11.6. The standard InChI is InChI=1S/C8H11N5S3/c1-13(2)7-11-12-8(16-7)15-4-5-3-14-6(9)10-5/h3H,4H2,1-2H3,(H2,9,10). The van der Waals surface area contributed by atoms with Gasteiger partial charge >= 0.3 is 0 Å². The Morgan fingerprint density at radius 2 is 2.25 bits per heavy atom. The molecule has 86 valence electrons. The highest BCUT2D eigenvalue weighted by Gasteiger charge is 2.07. The van der Waals surface area contributed by atoms with E-state index < -0.39 is 0 Å². The average molecular weight is 273 g/mol. The Kier molecular flexibility index (Phi) is 3.62. The summed E-state index contributed by atoms with van der Waals surface area (Å²) in [5, 5.41) is 11.7. The van der Waals surface area contributed by atoms with E-state index in [1.165, 1.54) is 11.3 Å². The Hall–Kier alpha value is -0.860. The molecule has 0 bridgehead atoms. The highest BCUT2D eigenvalue weighted by Crippen LogP contribution is 2.29. The van der Waals surface area contributed by atoms with Gasteiger partial charge in [-0.2, -0.15) is 0 Å². The Morgan fingerprint density at radius 3 is 2.81 bits per heavy atom. The molecule has 5 nitrogen and oxygen atoms in total. The summed E-state index contributed by atoms with van der Waals surface area (Å²) in [6.07, 6.45) is 0. The van der Waals surface area contributed by atoms with Crippen molar-refractivity contribution >= 4 is 44.7 Å². The number of nitrogens with two attached hydrogens (primary N) is 1. The Balaban J connectivity index is 1.94. The number of hydrogen-bond donors (Lipinski definition) is 1. The van der Waals surface area contributed by atoms with Gasteiger partial charge in [0.05, 0.1) is 5.69 Å². The van der Waals surface area contributed by atoms with Crippen molar-refractivity contribution in [3.05, 3.63) is 11.1 Å². The number of hydrogen-bond acceptors (Lipinski definition) is 8. The van der Waals surface area contributed by atoms with Gasteiger partial charge in [0.1, 0.15) is 0 Å². The zero-order valence-corrected chi connectivity index (χ0v) is 11.3. The van der Waals surface area contributed by atoms with Crippen LogP contribution >= 0.6 is 34.4 Å². The minimum absolute atomic E-state index is 0.613. The second-order valence-electron chi connectivity index (χ2n) is 3.21. The van der Waals surface area contributed by atoms with E-state index in [9.17, 15) is 0 Å². The molecule has 0 spiro atoms. The van der Waals surface area contributed by atoms with Crippen LogP contribution in [-0.2, 0) is 5.75 Å². The third kappa shape index (κ3) is 2.83. The zero-order valence-electron chi connectivity index (χ0n) is 8.88. The van der Waals surface area contributed by atoms with Crippen LogP contribution in [0.4, 0.5) is 10.3 Å². The molecule has 2 N–H and O–H groups in total. The fourth-order valence-corrected chi connectivity index (χ4v) is 3.29. The largest absolute Gasteiger partial charge is 0.375 e. The summed E-state index contributed by atoms with van der Waals surface area (Å²) in [6.45, 7) is 0. The second kappa shape index (κ2) is 4.98. The monoisotopic (exact) mass is 273 g/mol. The molecule has 0 radical (unpaired) electrons. The van der Waals surface area contributed by atoms with Gasteiger partial charge in [0.2, 0.25) is 5.13 Å². The number of nitrogens with zero attached hydrogens (tertiary/aromatic N) is 4. The third-order valence-electron chi connectivity index (χ3n) is 1.69. The van der Waals surface area contributed by atoms with E-state index in [0.717, 1.165) is 20.9 Å². The van der Waals surface area contributed by atoms with Crippen molar-refractivity contribution in [2.24, 2.45) is 0 Å². The average Bonchev–Trinajstić information content (AvgIpc) is 2.83. The molecule has 0 aliphatic rings. The normalized spacial score (nSPS) is 10.6. The predicted molar refractivity (Wildman–Crippen MR) is 70.3 cm³/mol. The maximum Gasteiger partial charge on any atom is 0.208 e. The van der Waals surface area contributed by atoms with Crippen LogP contribution in [0.25, 0.3) is 0 Å². The molecule has 0 saturated carbocycles. The van der Waals surface area contributed by atoms with Gasteiger partial charge in [-0.25, -0.2) is 4.98 Å². The van der Waals surface area contributed by atoms with E-state index in [-0.39, 0.29) is 0 Å². The summed E-state index contributed by atoms with van der Waals surface area (Å²) in [5.41, 5.74) is 6.55. The fraction of sp³-hybridized carbons (Fsp3) is 0.375. The number of nitrogen functional groups attached to an aromatic ring is 1. The molecule has 2 heterocycles. The quantitative estimate of drug-likeness (QED) is 0.859. The predicted octanol–water partition coefficient (Wildman–Crippen LogP) is 1.94. The lowest BCUT2D eigenvalue weighted by Gasteiger charge is -2.03. The first-order valence-corrected chi connectivity index (χ1v) is 7.17. The fourth-order valence-electron chi connectivity index (χ4n) is 0.966. The van der Waals surface area contributed by atoms with Gasteiger partial charge in [-0.15, -0.1) is 21.5 Å². The Bertz CT molecular complexity index is 464. The lowest BCUT2D eigenvalue weighted by atomic mass is 10.6. The lowest BCUT2D eigenvalue weighted by molar-refractivity contribution is 0.972. The van der Waals surface area contributed by atoms with Crippen molar-refractivity contribution in [2.45, 2.75) is 10.1 Å². The van der Waals surface area contributed by atoms with Crippen molar-refractivity contribution in [3.63, 3.8) is 0 Å². The van der Waals surface area contributed by atoms with Crippen molar-refractivity contribution in [1.29, 1.82) is 0 Å². The highest BCUT2D eigenvalue weighted by molar-refractivity contribution is 8.00. The number of anilines is 2. The van der Waals surface area contributed by atoms with Crippen LogP contribution in [-0.4, -0.2) is 29.3 Å². The number of thiazole rings is 1. The van der Waals surface area contributed by atoms with E-state index in [4.69, 9.17) is 5.73 Å². The first-order chi connectivity index (χ1) is 7.65. The summed E-state index contributed by atoms with van der Waals surface area (Å²) >= 11 is 4.67. The minimum Gasteiger partial charge on any atom is -0.375 e. The summed E-state index contributed by atoms with van der Waals surface area (Å²) in [4.78, 5) is 6.14. The molecule has 0 amide bonds. The number of thioether (sulfide) groups is 1. The highest BCUT2D eigenvalue weighted by atomic mass is 32.2. The SMILES string of the molecule is CN(C)c1nnc(SCc2csc(N)n2)s1. The molecular formula is C8H11N5S3. The molecule has 2 rings (SSSR count). The zero-order chi connectivity index (χ0) is 11.5. The third-order valence-corrected chi connectivity index (χ3v) is 4.67. The lowest BCUT2D eigenvalue weighted by Crippen LogP contribution is -2.07. The van der Waals surface area contributed by atoms with Crippen LogP contribution in [0.3, 0.4) is 0 Å². The molecule has 0 aliphatic heterocycles. The van der Waals surface area contributed by atoms with Crippen molar-refractivity contribution in [3.8, 4) is 0 Å². The van der Waals surface area contributed by atoms with E-state index in [2.05, 4.69) is 15.2 Å². The molecule has 0 saturated heterocycles. The van der Waals surface area contributed by atoms with Gasteiger partial charge in [-0.1, -0.05) is 23.1 Å². The number of aromatic nitrogens is 3. The van der Waals surface area contributed by atoms with Crippen LogP contribution in [0.1, 0.15) is 5.69 Å². The van der Waals surface area contributed by atoms with Crippen molar-refractivity contribution in [2.75, 3.05) is 24.7 Å². The first-order valence-electron chi connectivity index (χ1n) is 4.48. The topological polar surface area (TPSA) is 67.9 Å². The van der Waals surface area contributed by atoms with Gasteiger partial charge in [-0.3, -0.25) is 0 Å². The summed E-state index contributed by atoms with van der Waals surface area (Å²) in [5.74, 6) is 0.787. The van der Waals surface area contributed by atoms with Crippen LogP contribution < -0.4 is 10.6 Å². The number of rotatable bonds is 4. The van der Waals surface area contributed by atoms with Crippen molar-refractivity contribution in [1.82, 2.24) is 15.2 Å². The summed E-state index contributed by atoms with van der Waals surface area (Å²) < 4.78 is 0.954. The molecule has 8 heteroatoms. The van der Waals surface area contributed by atoms with Gasteiger partial charge in [0.15, 0.2) is 9.47 Å². The molecule has 2 aromatic rings. The molecule has 2 aromatic heterocycles. The second-order valence-corrected chi connectivity index (χ2v) is 6.28. The van der Waals surface area contributed by atoms with Gasteiger partial charge in [-0.05, 0) is 0 Å². The van der Waals surface area contributed by atoms with E-state index in [0.29, 0.717) is 5.13 Å². The van der Waals surface area contributed by atoms with Crippen LogP contribution in [0, 0.1) is 0 Å². The van der Waals surface area contributed by atoms with Crippen LogP contribution in [0.5, 0.6) is 0 Å². The maximum absolute atomic E-state index is 5.56. The van der Waals surface area contributed by atoms with Crippen molar-refractivity contribution < 1.29 is 0 Å². The Morgan fingerprint density at radius 1 is 1.44 bits per heavy atom.